The molecule has 1 N–H and O–H groups in total. The first-order valence-electron chi connectivity index (χ1n) is 7.63. The molecule has 1 aromatic heterocycles. The van der Waals surface area contributed by atoms with E-state index in [1.54, 1.807) is 0 Å². The van der Waals surface area contributed by atoms with Crippen molar-refractivity contribution in [3.63, 3.8) is 0 Å². The number of nitrogens with zero attached hydrogens (tertiary/aromatic N) is 3. The maximum atomic E-state index is 12.1. The zero-order valence-corrected chi connectivity index (χ0v) is 13.8. The Hall–Kier alpha value is -3.02. The summed E-state index contributed by atoms with van der Waals surface area (Å²) in [6.07, 6.45) is 2.96. The number of benzene rings is 1. The van der Waals surface area contributed by atoms with Gasteiger partial charge in [0.25, 0.3) is 0 Å². The second-order valence-electron chi connectivity index (χ2n) is 5.39. The number of aromatic nitrogens is 2. The van der Waals surface area contributed by atoms with Gasteiger partial charge < -0.3 is 10.2 Å². The summed E-state index contributed by atoms with van der Waals surface area (Å²) >= 11 is 0. The quantitative estimate of drug-likeness (QED) is 0.677. The Labute approximate surface area is 141 Å². The fraction of sp³-hybridized carbons (Fsp3) is 0.222. The molecule has 0 radical (unpaired) electrons. The van der Waals surface area contributed by atoms with Crippen LogP contribution < -0.4 is 5.32 Å². The van der Waals surface area contributed by atoms with Crippen molar-refractivity contribution in [3.05, 3.63) is 54.9 Å². The van der Waals surface area contributed by atoms with Crippen LogP contribution in [0.1, 0.15) is 13.8 Å². The summed E-state index contributed by atoms with van der Waals surface area (Å²) in [6.45, 7) is 8.17. The van der Waals surface area contributed by atoms with Crippen LogP contribution in [0.4, 0.5) is 5.69 Å². The summed E-state index contributed by atoms with van der Waals surface area (Å²) in [5, 5.41) is 2.52. The number of nitrogens with one attached hydrogen (secondary N) is 1. The Balaban J connectivity index is 2.04. The second-order valence-corrected chi connectivity index (χ2v) is 5.39. The summed E-state index contributed by atoms with van der Waals surface area (Å²) < 4.78 is 0. The Morgan fingerprint density at radius 1 is 1.17 bits per heavy atom. The van der Waals surface area contributed by atoms with Crippen LogP contribution in [0, 0.1) is 0 Å². The molecule has 1 aromatic carbocycles. The normalized spacial score (nSPS) is 10.1. The molecule has 0 bridgehead atoms. The average molecular weight is 324 g/mol. The lowest BCUT2D eigenvalue weighted by atomic mass is 10.2. The predicted molar refractivity (Wildman–Crippen MR) is 93.2 cm³/mol. The third-order valence-corrected chi connectivity index (χ3v) is 3.27. The SMILES string of the molecule is C=C(C)CN(CC)C(=O)C(=O)Nc1cnc(-c2ccccc2)nc1. The van der Waals surface area contributed by atoms with Crippen LogP contribution in [0.5, 0.6) is 0 Å². The fourth-order valence-corrected chi connectivity index (χ4v) is 2.11. The predicted octanol–water partition coefficient (Wildman–Crippen LogP) is 2.51. The van der Waals surface area contributed by atoms with Gasteiger partial charge in [0, 0.05) is 18.7 Å². The molecule has 2 amide bonds. The summed E-state index contributed by atoms with van der Waals surface area (Å²) in [5.41, 5.74) is 2.07. The molecule has 0 spiro atoms. The molecule has 0 aliphatic rings. The molecule has 2 rings (SSSR count). The van der Waals surface area contributed by atoms with Crippen LogP contribution in [0.3, 0.4) is 0 Å². The lowest BCUT2D eigenvalue weighted by molar-refractivity contribution is -0.142. The highest BCUT2D eigenvalue weighted by atomic mass is 16.2. The topological polar surface area (TPSA) is 75.2 Å². The summed E-state index contributed by atoms with van der Waals surface area (Å²) in [6, 6.07) is 9.50. The standard InChI is InChI=1S/C18H20N4O2/c1-4-22(12-13(2)3)18(24)17(23)21-15-10-19-16(20-11-15)14-8-6-5-7-9-14/h5-11H,2,4,12H2,1,3H3,(H,21,23). The highest BCUT2D eigenvalue weighted by molar-refractivity contribution is 6.39. The van der Waals surface area contributed by atoms with Gasteiger partial charge in [-0.1, -0.05) is 42.5 Å². The average Bonchev–Trinajstić information content (AvgIpc) is 2.60. The van der Waals surface area contributed by atoms with Crippen LogP contribution in [0.15, 0.2) is 54.9 Å². The number of hydrogen-bond donors (Lipinski definition) is 1. The third kappa shape index (κ3) is 4.49. The molecule has 0 unspecified atom stereocenters. The van der Waals surface area contributed by atoms with Gasteiger partial charge >= 0.3 is 11.8 Å². The van der Waals surface area contributed by atoms with Gasteiger partial charge in [0.2, 0.25) is 0 Å². The van der Waals surface area contributed by atoms with Crippen molar-refractivity contribution >= 4 is 17.5 Å². The van der Waals surface area contributed by atoms with E-state index in [0.717, 1.165) is 11.1 Å². The van der Waals surface area contributed by atoms with Crippen LogP contribution in [-0.2, 0) is 9.59 Å². The van der Waals surface area contributed by atoms with E-state index >= 15 is 0 Å². The zero-order valence-electron chi connectivity index (χ0n) is 13.8. The third-order valence-electron chi connectivity index (χ3n) is 3.27. The second kappa shape index (κ2) is 8.01. The van der Waals surface area contributed by atoms with E-state index in [2.05, 4.69) is 21.9 Å². The van der Waals surface area contributed by atoms with Crippen LogP contribution in [0.2, 0.25) is 0 Å². The minimum atomic E-state index is -0.714. The van der Waals surface area contributed by atoms with Crippen molar-refractivity contribution in [3.8, 4) is 11.4 Å². The minimum Gasteiger partial charge on any atom is -0.331 e. The van der Waals surface area contributed by atoms with Crippen LogP contribution in [0.25, 0.3) is 11.4 Å². The first kappa shape index (κ1) is 17.3. The van der Waals surface area contributed by atoms with Crippen molar-refractivity contribution < 1.29 is 9.59 Å². The number of likely N-dealkylation sites (N-methyl/N-ethyl adjacent to an activating group) is 1. The van der Waals surface area contributed by atoms with E-state index < -0.39 is 11.8 Å². The van der Waals surface area contributed by atoms with E-state index in [9.17, 15) is 9.59 Å². The van der Waals surface area contributed by atoms with Gasteiger partial charge in [0.1, 0.15) is 0 Å². The van der Waals surface area contributed by atoms with Crippen molar-refractivity contribution in [2.24, 2.45) is 0 Å². The smallest absolute Gasteiger partial charge is 0.314 e. The molecular formula is C18H20N4O2. The van der Waals surface area contributed by atoms with E-state index in [-0.39, 0.29) is 0 Å². The number of anilines is 1. The minimum absolute atomic E-state index is 0.353. The maximum absolute atomic E-state index is 12.1. The molecule has 0 fully saturated rings. The number of hydrogen-bond acceptors (Lipinski definition) is 4. The van der Waals surface area contributed by atoms with Crippen molar-refractivity contribution in [2.75, 3.05) is 18.4 Å². The van der Waals surface area contributed by atoms with Crippen molar-refractivity contribution in [2.45, 2.75) is 13.8 Å². The molecule has 1 heterocycles. The van der Waals surface area contributed by atoms with Gasteiger partial charge in [-0.15, -0.1) is 0 Å². The largest absolute Gasteiger partial charge is 0.331 e. The Morgan fingerprint density at radius 3 is 2.33 bits per heavy atom. The number of carbonyl (C=O) groups is 2. The van der Waals surface area contributed by atoms with Gasteiger partial charge in [0.15, 0.2) is 5.82 Å². The fourth-order valence-electron chi connectivity index (χ4n) is 2.11. The molecule has 0 atom stereocenters. The Bertz CT molecular complexity index is 726. The molecule has 124 valence electrons. The van der Waals surface area contributed by atoms with Gasteiger partial charge in [-0.3, -0.25) is 9.59 Å². The molecule has 0 aliphatic heterocycles. The first-order chi connectivity index (χ1) is 11.5. The summed E-state index contributed by atoms with van der Waals surface area (Å²) in [4.78, 5) is 34.0. The summed E-state index contributed by atoms with van der Waals surface area (Å²) in [7, 11) is 0. The van der Waals surface area contributed by atoms with Gasteiger partial charge in [-0.2, -0.15) is 0 Å². The molecule has 0 aliphatic carbocycles. The molecule has 6 nitrogen and oxygen atoms in total. The molecular weight excluding hydrogens is 304 g/mol. The van der Waals surface area contributed by atoms with Gasteiger partial charge in [-0.25, -0.2) is 9.97 Å². The number of amides is 2. The maximum Gasteiger partial charge on any atom is 0.314 e. The Kier molecular flexibility index (Phi) is 5.78. The zero-order chi connectivity index (χ0) is 17.5. The van der Waals surface area contributed by atoms with Crippen molar-refractivity contribution in [1.29, 1.82) is 0 Å². The van der Waals surface area contributed by atoms with E-state index in [4.69, 9.17) is 0 Å². The molecule has 0 saturated carbocycles. The molecule has 0 saturated heterocycles. The van der Waals surface area contributed by atoms with Gasteiger partial charge in [0.05, 0.1) is 18.1 Å². The highest BCUT2D eigenvalue weighted by Crippen LogP contribution is 2.14. The molecule has 2 aromatic rings. The summed E-state index contributed by atoms with van der Waals surface area (Å²) in [5.74, 6) is -0.765. The van der Waals surface area contributed by atoms with Crippen LogP contribution >= 0.6 is 0 Å². The monoisotopic (exact) mass is 324 g/mol. The Morgan fingerprint density at radius 2 is 1.79 bits per heavy atom. The molecule has 24 heavy (non-hydrogen) atoms. The number of rotatable bonds is 5. The highest BCUT2D eigenvalue weighted by Gasteiger charge is 2.20. The van der Waals surface area contributed by atoms with Gasteiger partial charge in [-0.05, 0) is 13.8 Å². The lowest BCUT2D eigenvalue weighted by Gasteiger charge is -2.20. The van der Waals surface area contributed by atoms with E-state index in [0.29, 0.717) is 24.6 Å². The first-order valence-corrected chi connectivity index (χ1v) is 7.63. The lowest BCUT2D eigenvalue weighted by Crippen LogP contribution is -2.40. The van der Waals surface area contributed by atoms with Crippen LogP contribution in [-0.4, -0.2) is 39.8 Å². The van der Waals surface area contributed by atoms with Crippen molar-refractivity contribution in [1.82, 2.24) is 14.9 Å². The van der Waals surface area contributed by atoms with E-state index in [1.807, 2.05) is 44.2 Å². The number of carbonyl (C=O) groups excluding carboxylic acids is 2. The molecule has 6 heteroatoms. The van der Waals surface area contributed by atoms with E-state index in [1.165, 1.54) is 17.3 Å².